The second-order valence-corrected chi connectivity index (χ2v) is 8.12. The van der Waals surface area contributed by atoms with Gasteiger partial charge in [0, 0.05) is 26.2 Å². The molecule has 1 aliphatic carbocycles. The van der Waals surface area contributed by atoms with Crippen LogP contribution >= 0.6 is 0 Å². The highest BCUT2D eigenvalue weighted by atomic mass is 16.5. The van der Waals surface area contributed by atoms with Crippen LogP contribution in [0.1, 0.15) is 51.0 Å². The molecular weight excluding hydrogens is 352 g/mol. The summed E-state index contributed by atoms with van der Waals surface area (Å²) in [7, 11) is 0. The Balaban J connectivity index is 1.52. The molecule has 2 fully saturated rings. The van der Waals surface area contributed by atoms with Gasteiger partial charge in [0.1, 0.15) is 5.75 Å². The Morgan fingerprint density at radius 3 is 2.64 bits per heavy atom. The maximum absolute atomic E-state index is 10.8. The third kappa shape index (κ3) is 5.63. The topological polar surface area (TPSA) is 80.0 Å². The van der Waals surface area contributed by atoms with Crippen LogP contribution in [0.2, 0.25) is 0 Å². The molecule has 1 aromatic rings. The normalized spacial score (nSPS) is 19.0. The average molecular weight is 387 g/mol. The van der Waals surface area contributed by atoms with Crippen LogP contribution in [-0.4, -0.2) is 49.6 Å². The lowest BCUT2D eigenvalue weighted by molar-refractivity contribution is -0.119. The lowest BCUT2D eigenvalue weighted by Gasteiger charge is -2.33. The summed E-state index contributed by atoms with van der Waals surface area (Å²) in [6, 6.07) is 7.79. The fourth-order valence-electron chi connectivity index (χ4n) is 4.45. The van der Waals surface area contributed by atoms with E-state index in [0.717, 1.165) is 38.6 Å². The molecule has 1 heterocycles. The van der Waals surface area contributed by atoms with E-state index in [0.29, 0.717) is 11.2 Å². The van der Waals surface area contributed by atoms with Gasteiger partial charge in [0.15, 0.2) is 12.6 Å². The van der Waals surface area contributed by atoms with Crippen molar-refractivity contribution in [2.75, 3.05) is 32.8 Å². The predicted molar refractivity (Wildman–Crippen MR) is 113 cm³/mol. The van der Waals surface area contributed by atoms with Crippen molar-refractivity contribution in [2.24, 2.45) is 16.1 Å². The molecule has 1 spiro atoms. The second-order valence-electron chi connectivity index (χ2n) is 8.12. The van der Waals surface area contributed by atoms with Crippen LogP contribution in [0, 0.1) is 5.41 Å². The first-order valence-electron chi connectivity index (χ1n) is 10.6. The summed E-state index contributed by atoms with van der Waals surface area (Å²) in [6.45, 7) is 5.98. The zero-order valence-corrected chi connectivity index (χ0v) is 17.1. The highest BCUT2D eigenvalue weighted by Gasteiger charge is 2.39. The summed E-state index contributed by atoms with van der Waals surface area (Å²) < 4.78 is 5.30. The molecule has 6 heteroatoms. The third-order valence-electron chi connectivity index (χ3n) is 5.95. The molecule has 0 radical (unpaired) electrons. The maximum atomic E-state index is 10.8. The molecule has 3 rings (SSSR count). The number of nitrogens with one attached hydrogen (secondary N) is 1. The van der Waals surface area contributed by atoms with Gasteiger partial charge in [-0.1, -0.05) is 31.4 Å². The van der Waals surface area contributed by atoms with Gasteiger partial charge >= 0.3 is 0 Å². The number of likely N-dealkylation sites (tertiary alicyclic amines) is 1. The molecule has 28 heavy (non-hydrogen) atoms. The van der Waals surface area contributed by atoms with E-state index < -0.39 is 5.91 Å². The molecule has 6 nitrogen and oxygen atoms in total. The molecule has 154 valence electrons. The Labute approximate surface area is 168 Å². The van der Waals surface area contributed by atoms with Gasteiger partial charge in [-0.05, 0) is 55.7 Å². The number of aliphatic imine (C=N–C) groups is 1. The lowest BCUT2D eigenvalue weighted by Crippen LogP contribution is -2.41. The summed E-state index contributed by atoms with van der Waals surface area (Å²) in [4.78, 5) is 18.1. The number of nitrogens with two attached hydrogens (primary N) is 1. The minimum Gasteiger partial charge on any atom is -0.484 e. The van der Waals surface area contributed by atoms with Crippen molar-refractivity contribution in [1.29, 1.82) is 0 Å². The quantitative estimate of drug-likeness (QED) is 0.558. The van der Waals surface area contributed by atoms with E-state index in [1.165, 1.54) is 44.1 Å². The molecule has 0 unspecified atom stereocenters. The third-order valence-corrected chi connectivity index (χ3v) is 5.95. The molecule has 0 aromatic heterocycles. The first-order chi connectivity index (χ1) is 13.6. The van der Waals surface area contributed by atoms with Crippen molar-refractivity contribution in [2.45, 2.75) is 51.9 Å². The van der Waals surface area contributed by atoms with E-state index in [4.69, 9.17) is 15.5 Å². The Morgan fingerprint density at radius 2 is 1.96 bits per heavy atom. The summed E-state index contributed by atoms with van der Waals surface area (Å²) >= 11 is 0. The summed E-state index contributed by atoms with van der Waals surface area (Å²) in [5.74, 6) is 1.26. The predicted octanol–water partition coefficient (Wildman–Crippen LogP) is 2.71. The Hall–Kier alpha value is -2.24. The summed E-state index contributed by atoms with van der Waals surface area (Å²) in [5, 5.41) is 3.48. The Morgan fingerprint density at radius 1 is 1.21 bits per heavy atom. The minimum atomic E-state index is -0.466. The maximum Gasteiger partial charge on any atom is 0.255 e. The van der Waals surface area contributed by atoms with Crippen molar-refractivity contribution < 1.29 is 9.53 Å². The summed E-state index contributed by atoms with van der Waals surface area (Å²) in [6.07, 6.45) is 9.14. The molecule has 0 bridgehead atoms. The number of carbonyl (C=O) groups is 1. The number of rotatable bonds is 7. The molecule has 1 saturated heterocycles. The number of carbonyl (C=O) groups excluding carboxylic acids is 1. The second kappa shape index (κ2) is 9.80. The number of guanidine groups is 1. The Kier molecular flexibility index (Phi) is 7.18. The van der Waals surface area contributed by atoms with E-state index in [1.807, 2.05) is 24.3 Å². The van der Waals surface area contributed by atoms with E-state index in [2.05, 4.69) is 17.1 Å². The van der Waals surface area contributed by atoms with Crippen molar-refractivity contribution in [3.8, 4) is 5.75 Å². The minimum absolute atomic E-state index is 0.0903. The molecule has 1 aliphatic heterocycles. The van der Waals surface area contributed by atoms with Crippen molar-refractivity contribution in [1.82, 2.24) is 10.2 Å². The SMILES string of the molecule is CCNC(=NCCc1ccc(OCC(N)=O)cc1)N1CCC2(CCCCC2)C1. The van der Waals surface area contributed by atoms with Crippen LogP contribution in [0.3, 0.4) is 0 Å². The van der Waals surface area contributed by atoms with Crippen molar-refractivity contribution >= 4 is 11.9 Å². The summed E-state index contributed by atoms with van der Waals surface area (Å²) in [5.41, 5.74) is 6.84. The van der Waals surface area contributed by atoms with Crippen molar-refractivity contribution in [3.63, 3.8) is 0 Å². The van der Waals surface area contributed by atoms with Gasteiger partial charge in [0.05, 0.1) is 0 Å². The van der Waals surface area contributed by atoms with Gasteiger partial charge in [-0.3, -0.25) is 9.79 Å². The average Bonchev–Trinajstić information content (AvgIpc) is 3.10. The zero-order valence-electron chi connectivity index (χ0n) is 17.1. The first kappa shape index (κ1) is 20.5. The smallest absolute Gasteiger partial charge is 0.255 e. The van der Waals surface area contributed by atoms with Crippen LogP contribution in [0.15, 0.2) is 29.3 Å². The van der Waals surface area contributed by atoms with Crippen LogP contribution in [0.5, 0.6) is 5.75 Å². The van der Waals surface area contributed by atoms with Crippen LogP contribution < -0.4 is 15.8 Å². The molecule has 0 atom stereocenters. The molecule has 1 amide bonds. The first-order valence-corrected chi connectivity index (χ1v) is 10.6. The number of hydrogen-bond acceptors (Lipinski definition) is 3. The largest absolute Gasteiger partial charge is 0.484 e. The fraction of sp³-hybridized carbons (Fsp3) is 0.636. The van der Waals surface area contributed by atoms with E-state index in [1.54, 1.807) is 0 Å². The molecule has 2 aliphatic rings. The van der Waals surface area contributed by atoms with Crippen LogP contribution in [0.25, 0.3) is 0 Å². The van der Waals surface area contributed by atoms with E-state index in [9.17, 15) is 4.79 Å². The van der Waals surface area contributed by atoms with E-state index >= 15 is 0 Å². The van der Waals surface area contributed by atoms with Gasteiger partial charge in [-0.25, -0.2) is 0 Å². The monoisotopic (exact) mass is 386 g/mol. The number of nitrogens with zero attached hydrogens (tertiary/aromatic N) is 2. The van der Waals surface area contributed by atoms with Gasteiger partial charge in [-0.2, -0.15) is 0 Å². The van der Waals surface area contributed by atoms with Gasteiger partial charge in [0.2, 0.25) is 0 Å². The molecular formula is C22H34N4O2. The number of benzene rings is 1. The number of ether oxygens (including phenoxy) is 1. The molecule has 3 N–H and O–H groups in total. The fourth-order valence-corrected chi connectivity index (χ4v) is 4.45. The van der Waals surface area contributed by atoms with Gasteiger partial charge in [-0.15, -0.1) is 0 Å². The zero-order chi connectivity index (χ0) is 19.8. The highest BCUT2D eigenvalue weighted by Crippen LogP contribution is 2.43. The highest BCUT2D eigenvalue weighted by molar-refractivity contribution is 5.80. The number of amides is 1. The van der Waals surface area contributed by atoms with Gasteiger partial charge in [0.25, 0.3) is 5.91 Å². The number of hydrogen-bond donors (Lipinski definition) is 2. The molecule has 1 saturated carbocycles. The Bertz CT molecular complexity index is 666. The number of primary amides is 1. The van der Waals surface area contributed by atoms with Crippen LogP contribution in [-0.2, 0) is 11.2 Å². The molecule has 1 aromatic carbocycles. The van der Waals surface area contributed by atoms with E-state index in [-0.39, 0.29) is 6.61 Å². The standard InChI is InChI=1S/C22H34N4O2/c1-2-24-21(26-15-13-22(17-26)11-4-3-5-12-22)25-14-10-18-6-8-19(9-7-18)28-16-20(23)27/h6-9H,2-5,10-17H2,1H3,(H2,23,27)(H,24,25). The lowest BCUT2D eigenvalue weighted by atomic mass is 9.73. The van der Waals surface area contributed by atoms with Crippen LogP contribution in [0.4, 0.5) is 0 Å². The van der Waals surface area contributed by atoms with Crippen molar-refractivity contribution in [3.05, 3.63) is 29.8 Å². The van der Waals surface area contributed by atoms with Gasteiger partial charge < -0.3 is 20.7 Å².